The highest BCUT2D eigenvalue weighted by Gasteiger charge is 2.23. The SMILES string of the molecule is Cc1cc(C)n(-c2cccc(CNC(=O)c3cccc4c3CC(=O)N4)c2)n1. The molecule has 6 heteroatoms. The monoisotopic (exact) mass is 360 g/mol. The molecule has 27 heavy (non-hydrogen) atoms. The molecule has 2 aromatic carbocycles. The van der Waals surface area contributed by atoms with Crippen molar-refractivity contribution in [1.29, 1.82) is 0 Å². The zero-order chi connectivity index (χ0) is 19.0. The number of hydrogen-bond acceptors (Lipinski definition) is 3. The Morgan fingerprint density at radius 1 is 1.19 bits per heavy atom. The van der Waals surface area contributed by atoms with Gasteiger partial charge in [0, 0.05) is 23.5 Å². The lowest BCUT2D eigenvalue weighted by molar-refractivity contribution is -0.115. The van der Waals surface area contributed by atoms with E-state index in [9.17, 15) is 9.59 Å². The van der Waals surface area contributed by atoms with E-state index in [0.29, 0.717) is 12.1 Å². The number of aromatic nitrogens is 2. The van der Waals surface area contributed by atoms with Crippen molar-refractivity contribution in [3.05, 3.63) is 76.6 Å². The minimum absolute atomic E-state index is 0.0807. The second kappa shape index (κ2) is 6.72. The van der Waals surface area contributed by atoms with Crippen LogP contribution in [0.25, 0.3) is 5.69 Å². The molecule has 0 fully saturated rings. The maximum absolute atomic E-state index is 12.6. The van der Waals surface area contributed by atoms with Gasteiger partial charge in [-0.1, -0.05) is 18.2 Å². The summed E-state index contributed by atoms with van der Waals surface area (Å²) in [6.07, 6.45) is 0.242. The van der Waals surface area contributed by atoms with Crippen molar-refractivity contribution in [2.45, 2.75) is 26.8 Å². The quantitative estimate of drug-likeness (QED) is 0.751. The van der Waals surface area contributed by atoms with Crippen molar-refractivity contribution in [2.24, 2.45) is 0 Å². The normalized spacial score (nSPS) is 12.6. The van der Waals surface area contributed by atoms with E-state index >= 15 is 0 Å². The topological polar surface area (TPSA) is 76.0 Å². The third kappa shape index (κ3) is 3.33. The predicted octanol–water partition coefficient (Wildman–Crippen LogP) is 2.91. The van der Waals surface area contributed by atoms with E-state index in [1.165, 1.54) is 0 Å². The van der Waals surface area contributed by atoms with Crippen LogP contribution >= 0.6 is 0 Å². The Labute approximate surface area is 157 Å². The van der Waals surface area contributed by atoms with E-state index in [1.807, 2.05) is 54.9 Å². The Balaban J connectivity index is 1.51. The number of anilines is 1. The summed E-state index contributed by atoms with van der Waals surface area (Å²) in [4.78, 5) is 24.2. The molecule has 0 atom stereocenters. The largest absolute Gasteiger partial charge is 0.348 e. The molecule has 0 saturated carbocycles. The summed E-state index contributed by atoms with van der Waals surface area (Å²) in [6.45, 7) is 4.38. The Morgan fingerprint density at radius 3 is 2.78 bits per heavy atom. The van der Waals surface area contributed by atoms with Gasteiger partial charge in [-0.3, -0.25) is 9.59 Å². The number of fused-ring (bicyclic) bond motifs is 1. The van der Waals surface area contributed by atoms with Crippen molar-refractivity contribution >= 4 is 17.5 Å². The van der Waals surface area contributed by atoms with E-state index in [-0.39, 0.29) is 18.2 Å². The zero-order valence-electron chi connectivity index (χ0n) is 15.2. The maximum Gasteiger partial charge on any atom is 0.251 e. The Bertz CT molecular complexity index is 1050. The van der Waals surface area contributed by atoms with Gasteiger partial charge in [0.1, 0.15) is 0 Å². The summed E-state index contributed by atoms with van der Waals surface area (Å²) < 4.78 is 1.89. The third-order valence-electron chi connectivity index (χ3n) is 4.65. The van der Waals surface area contributed by atoms with E-state index in [1.54, 1.807) is 12.1 Å². The molecule has 0 saturated heterocycles. The minimum Gasteiger partial charge on any atom is -0.348 e. The van der Waals surface area contributed by atoms with Crippen molar-refractivity contribution in [2.75, 3.05) is 5.32 Å². The molecule has 0 spiro atoms. The minimum atomic E-state index is -0.181. The molecule has 0 unspecified atom stereocenters. The second-order valence-electron chi connectivity index (χ2n) is 6.75. The highest BCUT2D eigenvalue weighted by Crippen LogP contribution is 2.26. The van der Waals surface area contributed by atoms with Gasteiger partial charge in [0.15, 0.2) is 0 Å². The van der Waals surface area contributed by atoms with Gasteiger partial charge < -0.3 is 10.6 Å². The van der Waals surface area contributed by atoms with Crippen LogP contribution in [0.3, 0.4) is 0 Å². The van der Waals surface area contributed by atoms with Crippen LogP contribution in [0.1, 0.15) is 32.9 Å². The van der Waals surface area contributed by atoms with Crippen LogP contribution in [0.2, 0.25) is 0 Å². The zero-order valence-corrected chi connectivity index (χ0v) is 15.2. The molecule has 0 bridgehead atoms. The average Bonchev–Trinajstić information content (AvgIpc) is 3.20. The number of nitrogens with one attached hydrogen (secondary N) is 2. The number of hydrogen-bond donors (Lipinski definition) is 2. The summed E-state index contributed by atoms with van der Waals surface area (Å²) >= 11 is 0. The third-order valence-corrected chi connectivity index (χ3v) is 4.65. The van der Waals surface area contributed by atoms with Gasteiger partial charge >= 0.3 is 0 Å². The van der Waals surface area contributed by atoms with E-state index in [2.05, 4.69) is 15.7 Å². The van der Waals surface area contributed by atoms with Crippen molar-refractivity contribution < 1.29 is 9.59 Å². The first-order valence-corrected chi connectivity index (χ1v) is 8.84. The number of carbonyl (C=O) groups excluding carboxylic acids is 2. The summed E-state index contributed by atoms with van der Waals surface area (Å²) in [5.74, 6) is -0.261. The van der Waals surface area contributed by atoms with Crippen molar-refractivity contribution in [1.82, 2.24) is 15.1 Å². The van der Waals surface area contributed by atoms with Crippen LogP contribution in [0.4, 0.5) is 5.69 Å². The van der Waals surface area contributed by atoms with Gasteiger partial charge in [-0.2, -0.15) is 5.10 Å². The molecule has 1 aromatic heterocycles. The van der Waals surface area contributed by atoms with E-state index in [4.69, 9.17) is 0 Å². The molecule has 1 aliphatic rings. The van der Waals surface area contributed by atoms with E-state index in [0.717, 1.165) is 33.9 Å². The molecule has 3 aromatic rings. The fourth-order valence-electron chi connectivity index (χ4n) is 3.43. The highest BCUT2D eigenvalue weighted by atomic mass is 16.2. The Kier molecular flexibility index (Phi) is 4.24. The predicted molar refractivity (Wildman–Crippen MR) is 103 cm³/mol. The van der Waals surface area contributed by atoms with Crippen LogP contribution in [0.5, 0.6) is 0 Å². The van der Waals surface area contributed by atoms with Crippen LogP contribution in [-0.4, -0.2) is 21.6 Å². The van der Waals surface area contributed by atoms with Crippen LogP contribution in [-0.2, 0) is 17.8 Å². The van der Waals surface area contributed by atoms with Crippen LogP contribution in [0, 0.1) is 13.8 Å². The number of rotatable bonds is 4. The number of carbonyl (C=O) groups is 2. The smallest absolute Gasteiger partial charge is 0.251 e. The first-order valence-electron chi connectivity index (χ1n) is 8.84. The van der Waals surface area contributed by atoms with Crippen LogP contribution < -0.4 is 10.6 Å². The fraction of sp³-hybridized carbons (Fsp3) is 0.190. The Hall–Kier alpha value is -3.41. The van der Waals surface area contributed by atoms with Gasteiger partial charge in [0.2, 0.25) is 5.91 Å². The molecule has 2 N–H and O–H groups in total. The van der Waals surface area contributed by atoms with Gasteiger partial charge in [-0.05, 0) is 55.3 Å². The molecule has 4 rings (SSSR count). The maximum atomic E-state index is 12.6. The lowest BCUT2D eigenvalue weighted by atomic mass is 10.0. The van der Waals surface area contributed by atoms with Crippen LogP contribution in [0.15, 0.2) is 48.5 Å². The highest BCUT2D eigenvalue weighted by molar-refractivity contribution is 6.05. The fourth-order valence-corrected chi connectivity index (χ4v) is 3.43. The molecule has 0 radical (unpaired) electrons. The van der Waals surface area contributed by atoms with E-state index < -0.39 is 0 Å². The molecule has 136 valence electrons. The molecule has 6 nitrogen and oxygen atoms in total. The van der Waals surface area contributed by atoms with Gasteiger partial charge in [0.05, 0.1) is 17.8 Å². The average molecular weight is 360 g/mol. The summed E-state index contributed by atoms with van der Waals surface area (Å²) in [5, 5.41) is 10.2. The number of nitrogens with zero attached hydrogens (tertiary/aromatic N) is 2. The number of aryl methyl sites for hydroxylation is 2. The van der Waals surface area contributed by atoms with Gasteiger partial charge in [-0.15, -0.1) is 0 Å². The summed E-state index contributed by atoms with van der Waals surface area (Å²) in [7, 11) is 0. The van der Waals surface area contributed by atoms with Gasteiger partial charge in [-0.25, -0.2) is 4.68 Å². The summed E-state index contributed by atoms with van der Waals surface area (Å²) in [5.41, 5.74) is 5.99. The second-order valence-corrected chi connectivity index (χ2v) is 6.75. The Morgan fingerprint density at radius 2 is 2.00 bits per heavy atom. The standard InChI is InChI=1S/C21H20N4O2/c1-13-9-14(2)25(24-13)16-6-3-5-15(10-16)12-22-21(27)17-7-4-8-19-18(17)11-20(26)23-19/h3-10H,11-12H2,1-2H3,(H,22,27)(H,23,26). The van der Waals surface area contributed by atoms with Gasteiger partial charge in [0.25, 0.3) is 5.91 Å². The molecular formula is C21H20N4O2. The molecule has 1 aliphatic heterocycles. The molecule has 2 amide bonds. The molecule has 0 aliphatic carbocycles. The number of benzene rings is 2. The summed E-state index contributed by atoms with van der Waals surface area (Å²) in [6, 6.07) is 15.3. The lowest BCUT2D eigenvalue weighted by Crippen LogP contribution is -2.24. The number of amides is 2. The molecule has 2 heterocycles. The first kappa shape index (κ1) is 17.0. The lowest BCUT2D eigenvalue weighted by Gasteiger charge is -2.10. The van der Waals surface area contributed by atoms with Crippen molar-refractivity contribution in [3.8, 4) is 5.69 Å². The molecular weight excluding hydrogens is 340 g/mol. The van der Waals surface area contributed by atoms with Crippen molar-refractivity contribution in [3.63, 3.8) is 0 Å². The first-order chi connectivity index (χ1) is 13.0.